The van der Waals surface area contributed by atoms with Crippen LogP contribution in [0.25, 0.3) is 0 Å². The van der Waals surface area contributed by atoms with E-state index in [0.717, 1.165) is 12.0 Å². The number of carbonyl (C=O) groups is 2. The number of carbonyl (C=O) groups excluding carboxylic acids is 1. The molecule has 0 radical (unpaired) electrons. The highest BCUT2D eigenvalue weighted by atomic mass is 16.4. The van der Waals surface area contributed by atoms with E-state index in [9.17, 15) is 9.59 Å². The van der Waals surface area contributed by atoms with Crippen LogP contribution < -0.4 is 0 Å². The van der Waals surface area contributed by atoms with Gasteiger partial charge in [0.1, 0.15) is 6.54 Å². The second-order valence-electron chi connectivity index (χ2n) is 5.65. The Kier molecular flexibility index (Phi) is 5.74. The van der Waals surface area contributed by atoms with Gasteiger partial charge in [-0.25, -0.2) is 0 Å². The Morgan fingerprint density at radius 2 is 1.70 bits per heavy atom. The van der Waals surface area contributed by atoms with Gasteiger partial charge in [0.2, 0.25) is 5.91 Å². The monoisotopic (exact) mass is 277 g/mol. The molecule has 0 aliphatic carbocycles. The fourth-order valence-corrected chi connectivity index (χ4v) is 2.17. The molecule has 1 aromatic rings. The van der Waals surface area contributed by atoms with Crippen molar-refractivity contribution >= 4 is 11.9 Å². The van der Waals surface area contributed by atoms with Gasteiger partial charge in [-0.3, -0.25) is 9.59 Å². The van der Waals surface area contributed by atoms with Gasteiger partial charge < -0.3 is 10.0 Å². The first kappa shape index (κ1) is 16.2. The summed E-state index contributed by atoms with van der Waals surface area (Å²) < 4.78 is 0. The van der Waals surface area contributed by atoms with Gasteiger partial charge in [0, 0.05) is 7.05 Å². The molecule has 4 heteroatoms. The summed E-state index contributed by atoms with van der Waals surface area (Å²) in [5, 5.41) is 8.71. The lowest BCUT2D eigenvalue weighted by atomic mass is 9.96. The lowest BCUT2D eigenvalue weighted by molar-refractivity contribution is -0.143. The number of carboxylic acids is 1. The lowest BCUT2D eigenvalue weighted by Crippen LogP contribution is -2.34. The average Bonchev–Trinajstić information content (AvgIpc) is 2.36. The van der Waals surface area contributed by atoms with Crippen LogP contribution in [0.1, 0.15) is 37.8 Å². The Morgan fingerprint density at radius 3 is 2.15 bits per heavy atom. The van der Waals surface area contributed by atoms with Gasteiger partial charge in [-0.1, -0.05) is 38.1 Å². The van der Waals surface area contributed by atoms with Crippen molar-refractivity contribution in [1.82, 2.24) is 4.90 Å². The standard InChI is InChI=1S/C16H23NO3/c1-11(2)9-13-5-7-14(8-6-13)12(3)16(20)17(4)10-15(18)19/h5-8,11-12H,9-10H2,1-4H3,(H,18,19)/t12-/m1/s1. The van der Waals surface area contributed by atoms with Gasteiger partial charge in [0.15, 0.2) is 0 Å². The van der Waals surface area contributed by atoms with E-state index < -0.39 is 5.97 Å². The molecule has 0 aliphatic heterocycles. The molecular formula is C16H23NO3. The normalized spacial score (nSPS) is 12.2. The SMILES string of the molecule is CC(C)Cc1ccc([C@@H](C)C(=O)N(C)CC(=O)O)cc1. The van der Waals surface area contributed by atoms with E-state index in [1.165, 1.54) is 17.5 Å². The first-order valence-electron chi connectivity index (χ1n) is 6.87. The second kappa shape index (κ2) is 7.08. The van der Waals surface area contributed by atoms with Crippen molar-refractivity contribution in [2.75, 3.05) is 13.6 Å². The molecule has 0 heterocycles. The number of hydrogen-bond acceptors (Lipinski definition) is 2. The van der Waals surface area contributed by atoms with Crippen molar-refractivity contribution in [1.29, 1.82) is 0 Å². The first-order chi connectivity index (χ1) is 9.31. The number of hydrogen-bond donors (Lipinski definition) is 1. The molecular weight excluding hydrogens is 254 g/mol. The quantitative estimate of drug-likeness (QED) is 0.869. The largest absolute Gasteiger partial charge is 0.480 e. The molecule has 0 spiro atoms. The third-order valence-corrected chi connectivity index (χ3v) is 3.24. The molecule has 0 aromatic heterocycles. The highest BCUT2D eigenvalue weighted by molar-refractivity contribution is 5.86. The van der Waals surface area contributed by atoms with Crippen LogP contribution in [-0.2, 0) is 16.0 Å². The third-order valence-electron chi connectivity index (χ3n) is 3.24. The van der Waals surface area contributed by atoms with E-state index in [0.29, 0.717) is 5.92 Å². The Labute approximate surface area is 120 Å². The van der Waals surface area contributed by atoms with Gasteiger partial charge in [0.05, 0.1) is 5.92 Å². The van der Waals surface area contributed by atoms with Crippen LogP contribution in [0.5, 0.6) is 0 Å². The summed E-state index contributed by atoms with van der Waals surface area (Å²) in [6.07, 6.45) is 1.02. The topological polar surface area (TPSA) is 57.6 Å². The molecule has 0 saturated carbocycles. The van der Waals surface area contributed by atoms with E-state index in [4.69, 9.17) is 5.11 Å². The summed E-state index contributed by atoms with van der Waals surface area (Å²) in [7, 11) is 1.51. The molecule has 0 unspecified atom stereocenters. The molecule has 1 rings (SSSR count). The maximum Gasteiger partial charge on any atom is 0.323 e. The summed E-state index contributed by atoms with van der Waals surface area (Å²) in [5.74, 6) is -0.904. The van der Waals surface area contributed by atoms with Crippen molar-refractivity contribution in [2.24, 2.45) is 5.92 Å². The van der Waals surface area contributed by atoms with Crippen LogP contribution in [0.4, 0.5) is 0 Å². The Morgan fingerprint density at radius 1 is 1.15 bits per heavy atom. The van der Waals surface area contributed by atoms with E-state index in [1.807, 2.05) is 24.3 Å². The summed E-state index contributed by atoms with van der Waals surface area (Å²) in [5.41, 5.74) is 2.17. The number of likely N-dealkylation sites (N-methyl/N-ethyl adjacent to an activating group) is 1. The minimum Gasteiger partial charge on any atom is -0.480 e. The summed E-state index contributed by atoms with van der Waals surface area (Å²) in [6, 6.07) is 7.98. The van der Waals surface area contributed by atoms with E-state index in [-0.39, 0.29) is 18.4 Å². The second-order valence-corrected chi connectivity index (χ2v) is 5.65. The van der Waals surface area contributed by atoms with Crippen LogP contribution in [0.15, 0.2) is 24.3 Å². The van der Waals surface area contributed by atoms with Crippen LogP contribution in [0, 0.1) is 5.92 Å². The van der Waals surface area contributed by atoms with Gasteiger partial charge in [-0.2, -0.15) is 0 Å². The summed E-state index contributed by atoms with van der Waals surface area (Å²) >= 11 is 0. The predicted molar refractivity (Wildman–Crippen MR) is 78.7 cm³/mol. The molecule has 4 nitrogen and oxygen atoms in total. The van der Waals surface area contributed by atoms with Crippen molar-refractivity contribution in [3.05, 3.63) is 35.4 Å². The van der Waals surface area contributed by atoms with Gasteiger partial charge in [-0.05, 0) is 30.4 Å². The number of nitrogens with zero attached hydrogens (tertiary/aromatic N) is 1. The number of rotatable bonds is 6. The highest BCUT2D eigenvalue weighted by Crippen LogP contribution is 2.19. The number of amides is 1. The fourth-order valence-electron chi connectivity index (χ4n) is 2.17. The van der Waals surface area contributed by atoms with Crippen molar-refractivity contribution in [2.45, 2.75) is 33.1 Å². The highest BCUT2D eigenvalue weighted by Gasteiger charge is 2.20. The number of aliphatic carboxylic acids is 1. The van der Waals surface area contributed by atoms with Gasteiger partial charge in [0.25, 0.3) is 0 Å². The Balaban J connectivity index is 2.74. The maximum atomic E-state index is 12.1. The van der Waals surface area contributed by atoms with Crippen LogP contribution in [0.2, 0.25) is 0 Å². The minimum absolute atomic E-state index is 0.177. The van der Waals surface area contributed by atoms with Crippen LogP contribution in [-0.4, -0.2) is 35.5 Å². The van der Waals surface area contributed by atoms with E-state index in [1.54, 1.807) is 6.92 Å². The van der Waals surface area contributed by atoms with Crippen molar-refractivity contribution in [3.63, 3.8) is 0 Å². The minimum atomic E-state index is -1.000. The molecule has 0 aliphatic rings. The smallest absolute Gasteiger partial charge is 0.323 e. The zero-order chi connectivity index (χ0) is 15.3. The Bertz CT molecular complexity index is 465. The van der Waals surface area contributed by atoms with Crippen LogP contribution in [0.3, 0.4) is 0 Å². The third kappa shape index (κ3) is 4.68. The maximum absolute atomic E-state index is 12.1. The Hall–Kier alpha value is -1.84. The van der Waals surface area contributed by atoms with Gasteiger partial charge in [-0.15, -0.1) is 0 Å². The zero-order valence-corrected chi connectivity index (χ0v) is 12.6. The van der Waals surface area contributed by atoms with Crippen molar-refractivity contribution in [3.8, 4) is 0 Å². The number of benzene rings is 1. The first-order valence-corrected chi connectivity index (χ1v) is 6.87. The zero-order valence-electron chi connectivity index (χ0n) is 12.6. The molecule has 1 amide bonds. The fraction of sp³-hybridized carbons (Fsp3) is 0.500. The number of carboxylic acid groups (broad SMARTS) is 1. The molecule has 1 aromatic carbocycles. The summed E-state index contributed by atoms with van der Waals surface area (Å²) in [4.78, 5) is 24.0. The molecule has 1 atom stereocenters. The lowest BCUT2D eigenvalue weighted by Gasteiger charge is -2.20. The van der Waals surface area contributed by atoms with Crippen molar-refractivity contribution < 1.29 is 14.7 Å². The van der Waals surface area contributed by atoms with E-state index in [2.05, 4.69) is 13.8 Å². The molecule has 0 saturated heterocycles. The molecule has 1 N–H and O–H groups in total. The molecule has 0 bridgehead atoms. The molecule has 20 heavy (non-hydrogen) atoms. The predicted octanol–water partition coefficient (Wildman–Crippen LogP) is 2.53. The van der Waals surface area contributed by atoms with Gasteiger partial charge >= 0.3 is 5.97 Å². The molecule has 110 valence electrons. The van der Waals surface area contributed by atoms with Crippen LogP contribution >= 0.6 is 0 Å². The molecule has 0 fully saturated rings. The van der Waals surface area contributed by atoms with E-state index >= 15 is 0 Å². The summed E-state index contributed by atoms with van der Waals surface area (Å²) in [6.45, 7) is 5.87. The average molecular weight is 277 g/mol.